The highest BCUT2D eigenvalue weighted by Crippen LogP contribution is 2.28. The van der Waals surface area contributed by atoms with Crippen LogP contribution in [0.2, 0.25) is 0 Å². The predicted octanol–water partition coefficient (Wildman–Crippen LogP) is 1.59. The summed E-state index contributed by atoms with van der Waals surface area (Å²) in [7, 11) is 0. The van der Waals surface area contributed by atoms with Gasteiger partial charge < -0.3 is 5.73 Å². The van der Waals surface area contributed by atoms with Crippen molar-refractivity contribution in [2.24, 2.45) is 5.84 Å². The van der Waals surface area contributed by atoms with Gasteiger partial charge >= 0.3 is 0 Å². The van der Waals surface area contributed by atoms with Crippen molar-refractivity contribution in [1.82, 2.24) is 20.4 Å². The van der Waals surface area contributed by atoms with Crippen LogP contribution >= 0.6 is 15.9 Å². The maximum absolute atomic E-state index is 6.03. The van der Waals surface area contributed by atoms with Crippen LogP contribution in [0.25, 0.3) is 0 Å². The number of anilines is 1. The second-order valence-electron chi connectivity index (χ2n) is 4.25. The minimum absolute atomic E-state index is 0.237. The third kappa shape index (κ3) is 2.94. The summed E-state index contributed by atoms with van der Waals surface area (Å²) in [6.45, 7) is 2.88. The summed E-state index contributed by atoms with van der Waals surface area (Å²) >= 11 is 3.44. The molecule has 0 radical (unpaired) electrons. The number of nitrogens with two attached hydrogens (primary N) is 2. The topological polar surface area (TPSA) is 94.8 Å². The van der Waals surface area contributed by atoms with Crippen LogP contribution in [0.15, 0.2) is 28.9 Å². The highest BCUT2D eigenvalue weighted by atomic mass is 79.9. The Hall–Kier alpha value is -1.44. The van der Waals surface area contributed by atoms with Crippen LogP contribution in [-0.2, 0) is 6.54 Å². The van der Waals surface area contributed by atoms with Crippen molar-refractivity contribution in [2.45, 2.75) is 25.9 Å². The lowest BCUT2D eigenvalue weighted by molar-refractivity contribution is 0.512. The van der Waals surface area contributed by atoms with E-state index in [2.05, 4.69) is 38.6 Å². The Kier molecular flexibility index (Phi) is 4.52. The van der Waals surface area contributed by atoms with Gasteiger partial charge in [-0.3, -0.25) is 5.84 Å². The highest BCUT2D eigenvalue weighted by Gasteiger charge is 2.20. The van der Waals surface area contributed by atoms with Crippen LogP contribution < -0.4 is 17.0 Å². The molecular formula is C12H17BrN6. The molecule has 1 aromatic carbocycles. The lowest BCUT2D eigenvalue weighted by atomic mass is 10.0. The van der Waals surface area contributed by atoms with Crippen molar-refractivity contribution >= 4 is 21.6 Å². The number of halogens is 1. The van der Waals surface area contributed by atoms with Crippen molar-refractivity contribution in [3.8, 4) is 0 Å². The molecule has 2 aromatic rings. The molecule has 102 valence electrons. The minimum atomic E-state index is -0.237. The minimum Gasteiger partial charge on any atom is -0.398 e. The van der Waals surface area contributed by atoms with Crippen molar-refractivity contribution in [1.29, 1.82) is 0 Å². The Morgan fingerprint density at radius 2 is 2.26 bits per heavy atom. The quantitative estimate of drug-likeness (QED) is 0.441. The Balaban J connectivity index is 2.44. The molecule has 0 fully saturated rings. The summed E-state index contributed by atoms with van der Waals surface area (Å²) in [4.78, 5) is 0. The second-order valence-corrected chi connectivity index (χ2v) is 5.17. The predicted molar refractivity (Wildman–Crippen MR) is 78.0 cm³/mol. The summed E-state index contributed by atoms with van der Waals surface area (Å²) in [6, 6.07) is 5.45. The van der Waals surface area contributed by atoms with E-state index in [1.165, 1.54) is 0 Å². The smallest absolute Gasteiger partial charge is 0.0914 e. The zero-order valence-electron chi connectivity index (χ0n) is 10.7. The molecular weight excluding hydrogens is 308 g/mol. The molecule has 6 nitrogen and oxygen atoms in total. The number of hydrazine groups is 1. The van der Waals surface area contributed by atoms with Crippen LogP contribution in [0.1, 0.15) is 30.6 Å². The van der Waals surface area contributed by atoms with Gasteiger partial charge in [0.25, 0.3) is 0 Å². The van der Waals surface area contributed by atoms with Crippen LogP contribution in [0.4, 0.5) is 5.69 Å². The van der Waals surface area contributed by atoms with Crippen molar-refractivity contribution in [2.75, 3.05) is 5.73 Å². The zero-order valence-corrected chi connectivity index (χ0v) is 12.3. The number of aryl methyl sites for hydroxylation is 1. The number of rotatable bonds is 5. The molecule has 0 aliphatic carbocycles. The molecule has 0 saturated carbocycles. The van der Waals surface area contributed by atoms with E-state index in [4.69, 9.17) is 11.6 Å². The SMILES string of the molecule is CCCn1nncc1C(NN)c1cc(Br)ccc1N. The molecule has 0 aliphatic rings. The maximum Gasteiger partial charge on any atom is 0.0914 e. The van der Waals surface area contributed by atoms with Gasteiger partial charge in [-0.2, -0.15) is 0 Å². The molecule has 19 heavy (non-hydrogen) atoms. The number of nitrogen functional groups attached to an aromatic ring is 1. The van der Waals surface area contributed by atoms with Crippen LogP contribution in [0.3, 0.4) is 0 Å². The zero-order chi connectivity index (χ0) is 13.8. The molecule has 5 N–H and O–H groups in total. The number of hydrogen-bond acceptors (Lipinski definition) is 5. The standard InChI is InChI=1S/C12H17BrN6/c1-2-5-19-11(7-16-18-19)12(17-15)9-6-8(13)3-4-10(9)14/h3-4,6-7,12,17H,2,5,14-15H2,1H3. The Bertz CT molecular complexity index is 553. The van der Waals surface area contributed by atoms with Gasteiger partial charge in [-0.25, -0.2) is 10.1 Å². The van der Waals surface area contributed by atoms with Gasteiger partial charge in [0, 0.05) is 22.3 Å². The largest absolute Gasteiger partial charge is 0.398 e. The van der Waals surface area contributed by atoms with Gasteiger partial charge in [0.05, 0.1) is 17.9 Å². The normalized spacial score (nSPS) is 12.6. The van der Waals surface area contributed by atoms with Crippen LogP contribution in [0, 0.1) is 0 Å². The fraction of sp³-hybridized carbons (Fsp3) is 0.333. The first-order valence-corrected chi connectivity index (χ1v) is 6.86. The first-order valence-electron chi connectivity index (χ1n) is 6.06. The summed E-state index contributed by atoms with van der Waals surface area (Å²) in [5.41, 5.74) is 11.3. The van der Waals surface area contributed by atoms with Gasteiger partial charge in [0.2, 0.25) is 0 Å². The summed E-state index contributed by atoms with van der Waals surface area (Å²) in [5.74, 6) is 5.69. The number of aromatic nitrogens is 3. The van der Waals surface area contributed by atoms with Gasteiger partial charge in [-0.15, -0.1) is 5.10 Å². The van der Waals surface area contributed by atoms with Crippen molar-refractivity contribution in [3.63, 3.8) is 0 Å². The van der Waals surface area contributed by atoms with E-state index in [1.807, 2.05) is 22.9 Å². The highest BCUT2D eigenvalue weighted by molar-refractivity contribution is 9.10. The van der Waals surface area contributed by atoms with Crippen LogP contribution in [-0.4, -0.2) is 15.0 Å². The lowest BCUT2D eigenvalue weighted by Crippen LogP contribution is -2.31. The first kappa shape index (κ1) is 14.0. The average Bonchev–Trinajstić information content (AvgIpc) is 2.83. The molecule has 7 heteroatoms. The maximum atomic E-state index is 6.03. The lowest BCUT2D eigenvalue weighted by Gasteiger charge is -2.19. The summed E-state index contributed by atoms with van der Waals surface area (Å²) < 4.78 is 2.79. The molecule has 0 bridgehead atoms. The molecule has 0 aliphatic heterocycles. The molecule has 1 aromatic heterocycles. The van der Waals surface area contributed by atoms with E-state index in [-0.39, 0.29) is 6.04 Å². The third-order valence-corrected chi connectivity index (χ3v) is 3.40. The molecule has 2 rings (SSSR count). The van der Waals surface area contributed by atoms with Gasteiger partial charge in [-0.1, -0.05) is 28.1 Å². The monoisotopic (exact) mass is 324 g/mol. The number of benzene rings is 1. The van der Waals surface area contributed by atoms with Gasteiger partial charge in [0.15, 0.2) is 0 Å². The average molecular weight is 325 g/mol. The Labute approximate surface area is 120 Å². The second kappa shape index (κ2) is 6.14. The number of nitrogens with one attached hydrogen (secondary N) is 1. The molecule has 0 amide bonds. The number of nitrogens with zero attached hydrogens (tertiary/aromatic N) is 3. The summed E-state index contributed by atoms with van der Waals surface area (Å²) in [6.07, 6.45) is 2.68. The first-order chi connectivity index (χ1) is 9.17. The summed E-state index contributed by atoms with van der Waals surface area (Å²) in [5, 5.41) is 8.02. The molecule has 0 spiro atoms. The molecule has 0 saturated heterocycles. The van der Waals surface area contributed by atoms with Crippen LogP contribution in [0.5, 0.6) is 0 Å². The van der Waals surface area contributed by atoms with E-state index in [0.717, 1.165) is 28.7 Å². The number of hydrogen-bond donors (Lipinski definition) is 3. The van der Waals surface area contributed by atoms with Gasteiger partial charge in [0.1, 0.15) is 0 Å². The van der Waals surface area contributed by atoms with Gasteiger partial charge in [-0.05, 0) is 24.6 Å². The molecule has 1 unspecified atom stereocenters. The molecule has 1 heterocycles. The van der Waals surface area contributed by atoms with Crippen molar-refractivity contribution in [3.05, 3.63) is 40.1 Å². The van der Waals surface area contributed by atoms with E-state index in [9.17, 15) is 0 Å². The van der Waals surface area contributed by atoms with E-state index >= 15 is 0 Å². The molecule has 1 atom stereocenters. The van der Waals surface area contributed by atoms with E-state index in [1.54, 1.807) is 6.20 Å². The van der Waals surface area contributed by atoms with Crippen molar-refractivity contribution < 1.29 is 0 Å². The Morgan fingerprint density at radius 1 is 1.47 bits per heavy atom. The fourth-order valence-corrected chi connectivity index (χ4v) is 2.38. The fourth-order valence-electron chi connectivity index (χ4n) is 2.00. The Morgan fingerprint density at radius 3 is 2.95 bits per heavy atom. The van der Waals surface area contributed by atoms with E-state index < -0.39 is 0 Å². The van der Waals surface area contributed by atoms with E-state index in [0.29, 0.717) is 5.69 Å². The third-order valence-electron chi connectivity index (χ3n) is 2.91.